The molecule has 3 aromatic carbocycles. The minimum atomic E-state index is -0.615. The van der Waals surface area contributed by atoms with Gasteiger partial charge in [-0.1, -0.05) is 24.3 Å². The molecule has 3 nitrogen and oxygen atoms in total. The summed E-state index contributed by atoms with van der Waals surface area (Å²) in [6.45, 7) is -0.165. The fourth-order valence-corrected chi connectivity index (χ4v) is 2.17. The Labute approximate surface area is 144 Å². The van der Waals surface area contributed by atoms with Gasteiger partial charge < -0.3 is 4.74 Å². The maximum Gasteiger partial charge on any atom is 0.132 e. The summed E-state index contributed by atoms with van der Waals surface area (Å²) in [5.41, 5.74) is 4.60. The van der Waals surface area contributed by atoms with Crippen molar-refractivity contribution in [1.29, 1.82) is 0 Å². The number of hydrazone groups is 1. The summed E-state index contributed by atoms with van der Waals surface area (Å²) in [5.74, 6) is -0.706. The van der Waals surface area contributed by atoms with Crippen LogP contribution in [0.1, 0.15) is 11.1 Å². The Morgan fingerprint density at radius 2 is 1.52 bits per heavy atom. The summed E-state index contributed by atoms with van der Waals surface area (Å²) in [7, 11) is 0. The molecule has 0 saturated carbocycles. The first-order valence-corrected chi connectivity index (χ1v) is 7.72. The Morgan fingerprint density at radius 3 is 2.20 bits per heavy atom. The van der Waals surface area contributed by atoms with Crippen LogP contribution < -0.4 is 10.2 Å². The highest BCUT2D eigenvalue weighted by molar-refractivity contribution is 5.80. The second kappa shape index (κ2) is 8.06. The van der Waals surface area contributed by atoms with Crippen molar-refractivity contribution in [2.24, 2.45) is 5.10 Å². The second-order valence-corrected chi connectivity index (χ2v) is 5.29. The molecular weight excluding hydrogens is 322 g/mol. The van der Waals surface area contributed by atoms with Crippen molar-refractivity contribution in [3.05, 3.63) is 95.6 Å². The van der Waals surface area contributed by atoms with Crippen LogP contribution in [-0.2, 0) is 6.61 Å². The average Bonchev–Trinajstić information content (AvgIpc) is 2.63. The topological polar surface area (TPSA) is 33.6 Å². The van der Waals surface area contributed by atoms with Crippen molar-refractivity contribution in [3.8, 4) is 5.75 Å². The van der Waals surface area contributed by atoms with E-state index in [0.29, 0.717) is 5.75 Å². The molecule has 0 atom stereocenters. The molecule has 0 aliphatic heterocycles. The third kappa shape index (κ3) is 4.64. The zero-order valence-corrected chi connectivity index (χ0v) is 13.3. The fraction of sp³-hybridized carbons (Fsp3) is 0.0500. The number of benzene rings is 3. The predicted octanol–water partition coefficient (Wildman–Crippen LogP) is 4.99. The first-order chi connectivity index (χ1) is 12.2. The Morgan fingerprint density at radius 1 is 0.840 bits per heavy atom. The van der Waals surface area contributed by atoms with Gasteiger partial charge in [0, 0.05) is 0 Å². The van der Waals surface area contributed by atoms with Gasteiger partial charge in [-0.25, -0.2) is 8.78 Å². The van der Waals surface area contributed by atoms with E-state index in [1.54, 1.807) is 18.3 Å². The van der Waals surface area contributed by atoms with Crippen LogP contribution in [-0.4, -0.2) is 6.21 Å². The third-order valence-corrected chi connectivity index (χ3v) is 3.51. The standard InChI is InChI=1S/C20H16F2N2O/c21-19-7-4-8-20(22)18(19)14-25-17-11-9-15(10-12-17)13-23-24-16-5-2-1-3-6-16/h1-13,24H,14H2. The van der Waals surface area contributed by atoms with E-state index in [9.17, 15) is 8.78 Å². The highest BCUT2D eigenvalue weighted by Gasteiger charge is 2.08. The minimum absolute atomic E-state index is 0.0831. The fourth-order valence-electron chi connectivity index (χ4n) is 2.17. The number of hydrogen-bond acceptors (Lipinski definition) is 3. The molecule has 0 aliphatic rings. The van der Waals surface area contributed by atoms with E-state index in [4.69, 9.17) is 4.74 Å². The van der Waals surface area contributed by atoms with E-state index >= 15 is 0 Å². The predicted molar refractivity (Wildman–Crippen MR) is 94.8 cm³/mol. The number of rotatable bonds is 6. The first-order valence-electron chi connectivity index (χ1n) is 7.72. The quantitative estimate of drug-likeness (QED) is 0.507. The maximum atomic E-state index is 13.6. The molecule has 0 heterocycles. The zero-order chi connectivity index (χ0) is 17.5. The van der Waals surface area contributed by atoms with E-state index in [0.717, 1.165) is 11.3 Å². The van der Waals surface area contributed by atoms with Crippen LogP contribution in [0.4, 0.5) is 14.5 Å². The average molecular weight is 338 g/mol. The second-order valence-electron chi connectivity index (χ2n) is 5.29. The molecule has 0 spiro atoms. The molecule has 0 unspecified atom stereocenters. The number of nitrogens with one attached hydrogen (secondary N) is 1. The zero-order valence-electron chi connectivity index (χ0n) is 13.3. The summed E-state index contributed by atoms with van der Waals surface area (Å²) in [6.07, 6.45) is 1.67. The molecule has 0 radical (unpaired) electrons. The summed E-state index contributed by atoms with van der Waals surface area (Å²) < 4.78 is 32.5. The number of ether oxygens (including phenoxy) is 1. The van der Waals surface area contributed by atoms with E-state index in [1.807, 2.05) is 42.5 Å². The van der Waals surface area contributed by atoms with Gasteiger partial charge in [0.15, 0.2) is 0 Å². The monoisotopic (exact) mass is 338 g/mol. The molecule has 0 aliphatic carbocycles. The Hall–Kier alpha value is -3.21. The first kappa shape index (κ1) is 16.6. The lowest BCUT2D eigenvalue weighted by Gasteiger charge is -2.08. The molecule has 0 aromatic heterocycles. The SMILES string of the molecule is Fc1cccc(F)c1COc1ccc(C=NNc2ccccc2)cc1. The molecule has 25 heavy (non-hydrogen) atoms. The maximum absolute atomic E-state index is 13.6. The van der Waals surface area contributed by atoms with Crippen LogP contribution in [0.2, 0.25) is 0 Å². The third-order valence-electron chi connectivity index (χ3n) is 3.51. The van der Waals surface area contributed by atoms with Crippen LogP contribution in [0, 0.1) is 11.6 Å². The Kier molecular flexibility index (Phi) is 5.36. The highest BCUT2D eigenvalue weighted by Crippen LogP contribution is 2.17. The molecule has 126 valence electrons. The van der Waals surface area contributed by atoms with Gasteiger partial charge in [-0.3, -0.25) is 5.43 Å². The van der Waals surface area contributed by atoms with E-state index < -0.39 is 11.6 Å². The smallest absolute Gasteiger partial charge is 0.132 e. The summed E-state index contributed by atoms with van der Waals surface area (Å²) >= 11 is 0. The number of anilines is 1. The molecule has 3 rings (SSSR count). The summed E-state index contributed by atoms with van der Waals surface area (Å²) in [6, 6.07) is 20.4. The number of halogens is 2. The van der Waals surface area contributed by atoms with Crippen molar-refractivity contribution in [3.63, 3.8) is 0 Å². The van der Waals surface area contributed by atoms with E-state index in [1.165, 1.54) is 18.2 Å². The van der Waals surface area contributed by atoms with Gasteiger partial charge >= 0.3 is 0 Å². The number of nitrogens with zero attached hydrogens (tertiary/aromatic N) is 1. The van der Waals surface area contributed by atoms with Gasteiger partial charge in [0.25, 0.3) is 0 Å². The molecule has 1 N–H and O–H groups in total. The van der Waals surface area contributed by atoms with Gasteiger partial charge in [0.2, 0.25) is 0 Å². The van der Waals surface area contributed by atoms with Crippen molar-refractivity contribution < 1.29 is 13.5 Å². The van der Waals surface area contributed by atoms with Crippen molar-refractivity contribution in [2.45, 2.75) is 6.61 Å². The van der Waals surface area contributed by atoms with Crippen LogP contribution in [0.15, 0.2) is 77.9 Å². The Bertz CT molecular complexity index is 829. The van der Waals surface area contributed by atoms with Crippen molar-refractivity contribution in [2.75, 3.05) is 5.43 Å². The highest BCUT2D eigenvalue weighted by atomic mass is 19.1. The minimum Gasteiger partial charge on any atom is -0.489 e. The lowest BCUT2D eigenvalue weighted by Crippen LogP contribution is -2.01. The van der Waals surface area contributed by atoms with E-state index in [-0.39, 0.29) is 12.2 Å². The molecule has 3 aromatic rings. The molecule has 0 fully saturated rings. The van der Waals surface area contributed by atoms with Crippen molar-refractivity contribution >= 4 is 11.9 Å². The normalized spacial score (nSPS) is 10.8. The van der Waals surface area contributed by atoms with Gasteiger partial charge in [0.1, 0.15) is 24.0 Å². The number of para-hydroxylation sites is 1. The molecule has 0 saturated heterocycles. The molecular formula is C20H16F2N2O. The summed E-state index contributed by atoms with van der Waals surface area (Å²) in [5, 5.41) is 4.14. The largest absolute Gasteiger partial charge is 0.489 e. The lowest BCUT2D eigenvalue weighted by molar-refractivity contribution is 0.292. The lowest BCUT2D eigenvalue weighted by atomic mass is 10.2. The van der Waals surface area contributed by atoms with Gasteiger partial charge in [-0.05, 0) is 54.1 Å². The van der Waals surface area contributed by atoms with Crippen molar-refractivity contribution in [1.82, 2.24) is 0 Å². The van der Waals surface area contributed by atoms with E-state index in [2.05, 4.69) is 10.5 Å². The molecule has 0 amide bonds. The van der Waals surface area contributed by atoms with Gasteiger partial charge in [-0.2, -0.15) is 5.10 Å². The van der Waals surface area contributed by atoms with Gasteiger partial charge in [0.05, 0.1) is 17.5 Å². The molecule has 5 heteroatoms. The van der Waals surface area contributed by atoms with Crippen LogP contribution in [0.3, 0.4) is 0 Å². The summed E-state index contributed by atoms with van der Waals surface area (Å²) in [4.78, 5) is 0. The number of hydrogen-bond donors (Lipinski definition) is 1. The van der Waals surface area contributed by atoms with Crippen LogP contribution >= 0.6 is 0 Å². The van der Waals surface area contributed by atoms with Gasteiger partial charge in [-0.15, -0.1) is 0 Å². The van der Waals surface area contributed by atoms with Crippen LogP contribution in [0.25, 0.3) is 0 Å². The Balaban J connectivity index is 1.57. The van der Waals surface area contributed by atoms with Crippen LogP contribution in [0.5, 0.6) is 5.75 Å². The molecule has 0 bridgehead atoms.